The van der Waals surface area contributed by atoms with E-state index in [-0.39, 0.29) is 5.78 Å². The smallest absolute Gasteiger partial charge is 0.308 e. The summed E-state index contributed by atoms with van der Waals surface area (Å²) in [5, 5.41) is 0. The largest absolute Gasteiger partial charge is 0.426 e. The molecule has 0 spiro atoms. The Hall–Kier alpha value is -0.460. The van der Waals surface area contributed by atoms with Gasteiger partial charge in [0.15, 0.2) is 5.78 Å². The second-order valence-electron chi connectivity index (χ2n) is 3.72. The van der Waals surface area contributed by atoms with Crippen LogP contribution in [-0.4, -0.2) is 11.8 Å². The van der Waals surface area contributed by atoms with E-state index in [2.05, 4.69) is 47.8 Å². The normalized spacial score (nSPS) is 16.9. The molecule has 1 aliphatic carbocycles. The molecule has 18 heavy (non-hydrogen) atoms. The average molecular weight is 439 g/mol. The summed E-state index contributed by atoms with van der Waals surface area (Å²) < 4.78 is 4.84. The van der Waals surface area contributed by atoms with Gasteiger partial charge in [-0.05, 0) is 28.1 Å². The van der Waals surface area contributed by atoms with Crippen LogP contribution in [0.2, 0.25) is 0 Å². The first-order chi connectivity index (χ1) is 8.33. The van der Waals surface area contributed by atoms with Gasteiger partial charge >= 0.3 is 5.97 Å². The molecule has 0 saturated heterocycles. The lowest BCUT2D eigenvalue weighted by Gasteiger charge is -2.26. The van der Waals surface area contributed by atoms with Crippen molar-refractivity contribution in [2.75, 3.05) is 0 Å². The average Bonchev–Trinajstić information content (AvgIpc) is 2.24. The minimum atomic E-state index is -0.742. The predicted molar refractivity (Wildman–Crippen MR) is 78.6 cm³/mol. The van der Waals surface area contributed by atoms with Crippen molar-refractivity contribution in [2.45, 2.75) is 10.2 Å². The highest BCUT2D eigenvalue weighted by Crippen LogP contribution is 2.50. The molecule has 0 atom stereocenters. The van der Waals surface area contributed by atoms with E-state index >= 15 is 0 Å². The van der Waals surface area contributed by atoms with Crippen molar-refractivity contribution in [3.63, 3.8) is 0 Å². The zero-order chi connectivity index (χ0) is 13.5. The van der Waals surface area contributed by atoms with Crippen LogP contribution in [0.5, 0.6) is 5.75 Å². The van der Waals surface area contributed by atoms with Crippen molar-refractivity contribution in [3.05, 3.63) is 39.9 Å². The molecular weight excluding hydrogens is 432 g/mol. The highest BCUT2D eigenvalue weighted by atomic mass is 79.9. The van der Waals surface area contributed by atoms with E-state index in [0.29, 0.717) is 21.4 Å². The van der Waals surface area contributed by atoms with Gasteiger partial charge in [0, 0.05) is 18.1 Å². The van der Waals surface area contributed by atoms with Crippen LogP contribution in [0.15, 0.2) is 28.8 Å². The molecule has 0 saturated carbocycles. The van der Waals surface area contributed by atoms with Crippen LogP contribution in [0.4, 0.5) is 0 Å². The number of carbonyl (C=O) groups is 2. The van der Waals surface area contributed by atoms with Gasteiger partial charge in [0.2, 0.25) is 0 Å². The first-order valence-corrected chi connectivity index (χ1v) is 7.33. The van der Waals surface area contributed by atoms with Crippen molar-refractivity contribution in [1.29, 1.82) is 0 Å². The minimum absolute atomic E-state index is 0.145. The maximum atomic E-state index is 12.0. The summed E-state index contributed by atoms with van der Waals surface area (Å²) >= 11 is 10.2. The maximum absolute atomic E-state index is 12.0. The van der Waals surface area contributed by atoms with Crippen LogP contribution in [0.25, 0.3) is 0 Å². The summed E-state index contributed by atoms with van der Waals surface area (Å²) in [5.41, 5.74) is 1.07. The molecule has 0 heterocycles. The number of carbonyl (C=O) groups excluding carboxylic acids is 2. The summed E-state index contributed by atoms with van der Waals surface area (Å²) in [5.74, 6) is -0.216. The Bertz CT molecular complexity index is 576. The molecule has 2 rings (SSSR count). The van der Waals surface area contributed by atoms with Gasteiger partial charge in [-0.3, -0.25) is 9.59 Å². The number of hydrogen-bond acceptors (Lipinski definition) is 3. The van der Waals surface area contributed by atoms with Crippen LogP contribution < -0.4 is 4.74 Å². The zero-order valence-electron chi connectivity index (χ0n) is 9.17. The zero-order valence-corrected chi connectivity index (χ0v) is 13.9. The summed E-state index contributed by atoms with van der Waals surface area (Å²) in [6.45, 7) is 1.32. The van der Waals surface area contributed by atoms with E-state index in [0.717, 1.165) is 0 Å². The van der Waals surface area contributed by atoms with Gasteiger partial charge in [0.1, 0.15) is 8.98 Å². The summed E-state index contributed by atoms with van der Waals surface area (Å²) in [6, 6.07) is 5.02. The molecule has 0 unspecified atom stereocenters. The molecule has 6 heteroatoms. The standard InChI is InChI=1S/C12H7Br3O3/c1-6(16)18-9-4-2-3-7-10(9)12(14,15)5-8(13)11(7)17/h2-5H,1H3. The number of hydrogen-bond donors (Lipinski definition) is 0. The summed E-state index contributed by atoms with van der Waals surface area (Å²) in [6.07, 6.45) is 1.67. The first-order valence-electron chi connectivity index (χ1n) is 4.95. The van der Waals surface area contributed by atoms with Gasteiger partial charge in [-0.1, -0.05) is 44.0 Å². The predicted octanol–water partition coefficient (Wildman–Crippen LogP) is 4.03. The van der Waals surface area contributed by atoms with E-state index in [1.807, 2.05) is 0 Å². The number of ether oxygens (including phenoxy) is 1. The first kappa shape index (κ1) is 14.0. The number of fused-ring (bicyclic) bond motifs is 1. The van der Waals surface area contributed by atoms with Crippen molar-refractivity contribution in [2.24, 2.45) is 0 Å². The third-order valence-electron chi connectivity index (χ3n) is 2.38. The van der Waals surface area contributed by atoms with Crippen LogP contribution in [0.1, 0.15) is 22.8 Å². The van der Waals surface area contributed by atoms with E-state index in [1.165, 1.54) is 6.92 Å². The summed E-state index contributed by atoms with van der Waals surface area (Å²) in [7, 11) is 0. The van der Waals surface area contributed by atoms with Gasteiger partial charge < -0.3 is 4.74 Å². The fraction of sp³-hybridized carbons (Fsp3) is 0.167. The van der Waals surface area contributed by atoms with Crippen LogP contribution >= 0.6 is 47.8 Å². The fourth-order valence-electron chi connectivity index (χ4n) is 1.73. The topological polar surface area (TPSA) is 43.4 Å². The number of alkyl halides is 2. The molecule has 0 aromatic heterocycles. The van der Waals surface area contributed by atoms with Crippen molar-refractivity contribution >= 4 is 59.5 Å². The molecule has 0 N–H and O–H groups in total. The lowest BCUT2D eigenvalue weighted by molar-refractivity contribution is -0.131. The van der Waals surface area contributed by atoms with Crippen LogP contribution in [-0.2, 0) is 8.03 Å². The highest BCUT2D eigenvalue weighted by Gasteiger charge is 2.37. The lowest BCUT2D eigenvalue weighted by atomic mass is 9.95. The number of esters is 1. The van der Waals surface area contributed by atoms with Gasteiger partial charge in [-0.2, -0.15) is 0 Å². The van der Waals surface area contributed by atoms with Crippen LogP contribution in [0.3, 0.4) is 0 Å². The Morgan fingerprint density at radius 3 is 2.61 bits per heavy atom. The third kappa shape index (κ3) is 2.46. The van der Waals surface area contributed by atoms with Crippen molar-refractivity contribution < 1.29 is 14.3 Å². The molecule has 0 radical (unpaired) electrons. The SMILES string of the molecule is CC(=O)Oc1cccc2c1C(Br)(Br)C=C(Br)C2=O. The Morgan fingerprint density at radius 1 is 1.33 bits per heavy atom. The van der Waals surface area contributed by atoms with Gasteiger partial charge in [0.25, 0.3) is 0 Å². The monoisotopic (exact) mass is 436 g/mol. The number of halogens is 3. The van der Waals surface area contributed by atoms with E-state index in [4.69, 9.17) is 4.74 Å². The quantitative estimate of drug-likeness (QED) is 0.378. The lowest BCUT2D eigenvalue weighted by Crippen LogP contribution is -2.21. The molecule has 0 aliphatic heterocycles. The van der Waals surface area contributed by atoms with Gasteiger partial charge in [0.05, 0.1) is 4.48 Å². The molecule has 3 nitrogen and oxygen atoms in total. The maximum Gasteiger partial charge on any atom is 0.308 e. The molecule has 0 amide bonds. The number of ketones is 1. The molecule has 0 fully saturated rings. The number of benzene rings is 1. The molecule has 0 bridgehead atoms. The van der Waals surface area contributed by atoms with Gasteiger partial charge in [-0.15, -0.1) is 0 Å². The van der Waals surface area contributed by atoms with Gasteiger partial charge in [-0.25, -0.2) is 0 Å². The number of rotatable bonds is 1. The van der Waals surface area contributed by atoms with Crippen molar-refractivity contribution in [3.8, 4) is 5.75 Å². The molecule has 1 aliphatic rings. The van der Waals surface area contributed by atoms with E-state index in [1.54, 1.807) is 24.3 Å². The molecule has 1 aromatic rings. The van der Waals surface area contributed by atoms with Crippen molar-refractivity contribution in [1.82, 2.24) is 0 Å². The Morgan fingerprint density at radius 2 is 2.00 bits per heavy atom. The fourth-order valence-corrected chi connectivity index (χ4v) is 4.18. The second-order valence-corrected chi connectivity index (χ2v) is 8.14. The van der Waals surface area contributed by atoms with E-state index in [9.17, 15) is 9.59 Å². The highest BCUT2D eigenvalue weighted by molar-refractivity contribution is 9.25. The number of allylic oxidation sites excluding steroid dienone is 2. The number of Topliss-reactive ketones (excluding diaryl/α,β-unsaturated/α-hetero) is 1. The Labute approximate surface area is 129 Å². The van der Waals surface area contributed by atoms with Crippen LogP contribution in [0, 0.1) is 0 Å². The minimum Gasteiger partial charge on any atom is -0.426 e. The third-order valence-corrected chi connectivity index (χ3v) is 4.22. The Kier molecular flexibility index (Phi) is 3.80. The van der Waals surface area contributed by atoms with E-state index < -0.39 is 9.20 Å². The molecular formula is C12H7Br3O3. The Balaban J connectivity index is 2.67. The molecule has 94 valence electrons. The summed E-state index contributed by atoms with van der Waals surface area (Å²) in [4.78, 5) is 23.1. The molecule has 1 aromatic carbocycles. The second kappa shape index (κ2) is 4.90.